The number of para-hydroxylation sites is 2. The van der Waals surface area contributed by atoms with Gasteiger partial charge in [-0.1, -0.05) is 36.4 Å². The number of nitrogens with one attached hydrogen (secondary N) is 6. The van der Waals surface area contributed by atoms with Gasteiger partial charge in [0.2, 0.25) is 11.8 Å². The molecule has 4 aromatic rings. The van der Waals surface area contributed by atoms with Crippen LogP contribution in [0.25, 0.3) is 21.8 Å². The molecule has 10 N–H and O–H groups in total. The number of hydrazine groups is 2. The van der Waals surface area contributed by atoms with Gasteiger partial charge in [-0.25, -0.2) is 11.7 Å². The van der Waals surface area contributed by atoms with Crippen molar-refractivity contribution in [2.45, 2.75) is 24.9 Å². The molecule has 2 atom stereocenters. The Bertz CT molecular complexity index is 1540. The molecule has 2 fully saturated rings. The van der Waals surface area contributed by atoms with Gasteiger partial charge >= 0.3 is 17.1 Å². The predicted octanol–water partition coefficient (Wildman–Crippen LogP) is 1.18. The van der Waals surface area contributed by atoms with E-state index < -0.39 is 23.9 Å². The normalized spacial score (nSPS) is 16.0. The molecular formula is C34H34FeN8O4+2. The second-order valence-corrected chi connectivity index (χ2v) is 10.5. The molecular weight excluding hydrogens is 640 g/mol. The fourth-order valence-corrected chi connectivity index (χ4v) is 5.19. The number of hydrogen-bond donors (Lipinski definition) is 8. The van der Waals surface area contributed by atoms with Gasteiger partial charge in [-0.3, -0.25) is 30.0 Å². The molecule has 240 valence electrons. The van der Waals surface area contributed by atoms with Crippen LogP contribution < -0.4 is 33.2 Å². The minimum atomic E-state index is -0.749. The van der Waals surface area contributed by atoms with E-state index in [4.69, 9.17) is 11.7 Å². The number of rotatable bonds is 10. The first-order valence-electron chi connectivity index (χ1n) is 14.5. The number of carbonyl (C=O) groups is 4. The summed E-state index contributed by atoms with van der Waals surface area (Å²) in [5.41, 5.74) is 8.07. The molecule has 2 saturated carbocycles. The Morgan fingerprint density at radius 3 is 1.32 bits per heavy atom. The average Bonchev–Trinajstić information content (AvgIpc) is 3.92. The molecule has 2 aromatic heterocycles. The van der Waals surface area contributed by atoms with Crippen molar-refractivity contribution in [3.05, 3.63) is 135 Å². The second kappa shape index (κ2) is 17.1. The maximum Gasteiger partial charge on any atom is 2.00 e. The third-order valence-corrected chi connectivity index (χ3v) is 7.58. The zero-order valence-electron chi connectivity index (χ0n) is 25.1. The van der Waals surface area contributed by atoms with Crippen molar-refractivity contribution in [2.24, 2.45) is 11.7 Å². The zero-order valence-corrected chi connectivity index (χ0v) is 26.2. The van der Waals surface area contributed by atoms with Gasteiger partial charge in [0.1, 0.15) is 12.1 Å². The number of aromatic nitrogens is 2. The maximum atomic E-state index is 12.2. The van der Waals surface area contributed by atoms with Crippen molar-refractivity contribution < 1.29 is 36.2 Å². The Hall–Kier alpha value is -4.16. The molecule has 10 radical (unpaired) electrons. The predicted molar refractivity (Wildman–Crippen MR) is 173 cm³/mol. The quantitative estimate of drug-likeness (QED) is 0.0538. The topological polar surface area (TPSA) is 200 Å². The zero-order chi connectivity index (χ0) is 32.5. The van der Waals surface area contributed by atoms with E-state index >= 15 is 0 Å². The van der Waals surface area contributed by atoms with Crippen LogP contribution in [0, 0.1) is 63.2 Å². The molecule has 0 spiro atoms. The number of benzene rings is 2. The summed E-state index contributed by atoms with van der Waals surface area (Å²) in [6.45, 7) is 0. The Kier molecular flexibility index (Phi) is 13.0. The van der Waals surface area contributed by atoms with Crippen molar-refractivity contribution in [3.63, 3.8) is 0 Å². The summed E-state index contributed by atoms with van der Waals surface area (Å²) in [6.07, 6.45) is 18.2. The van der Waals surface area contributed by atoms with E-state index in [0.29, 0.717) is 24.7 Å². The third kappa shape index (κ3) is 9.01. The fourth-order valence-electron chi connectivity index (χ4n) is 5.19. The minimum Gasteiger partial charge on any atom is -0.361 e. The Morgan fingerprint density at radius 1 is 0.596 bits per heavy atom. The summed E-state index contributed by atoms with van der Waals surface area (Å²) in [5.74, 6) is 10.1. The van der Waals surface area contributed by atoms with E-state index in [1.165, 1.54) is 0 Å². The minimum absolute atomic E-state index is 0. The number of H-pyrrole nitrogens is 2. The van der Waals surface area contributed by atoms with E-state index in [2.05, 4.69) is 31.5 Å². The van der Waals surface area contributed by atoms with Crippen LogP contribution in [-0.2, 0) is 49.1 Å². The number of amides is 4. The summed E-state index contributed by atoms with van der Waals surface area (Å²) >= 11 is 0. The molecule has 2 heterocycles. The molecule has 2 aliphatic carbocycles. The van der Waals surface area contributed by atoms with Crippen molar-refractivity contribution in [3.8, 4) is 0 Å². The molecule has 2 aliphatic rings. The SMILES string of the molecule is NNC(=O)[C@H](Cc1c[nH]c2ccccc12)NC(=O)[C]1[CH][CH][CH][CH]1.NNC(=O)[C@H](Cc1c[nH]c2ccccc12)NC(=O)[C]1[CH][CH][CH][CH]1.[Fe+2]. The third-order valence-electron chi connectivity index (χ3n) is 7.58. The maximum absolute atomic E-state index is 12.2. The second-order valence-electron chi connectivity index (χ2n) is 10.5. The number of fused-ring (bicyclic) bond motifs is 2. The molecule has 6 rings (SSSR count). The summed E-state index contributed by atoms with van der Waals surface area (Å²) in [5, 5.41) is 7.49. The number of nitrogens with two attached hydrogens (primary N) is 2. The van der Waals surface area contributed by atoms with Gasteiger partial charge in [0.25, 0.3) is 11.8 Å². The Balaban J connectivity index is 0.000000208. The summed E-state index contributed by atoms with van der Waals surface area (Å²) in [7, 11) is 0. The van der Waals surface area contributed by atoms with E-state index in [1.807, 2.05) is 60.9 Å². The smallest absolute Gasteiger partial charge is 0.361 e. The molecule has 0 saturated heterocycles. The number of aromatic amines is 2. The molecule has 0 unspecified atom stereocenters. The van der Waals surface area contributed by atoms with Gasteiger partial charge in [-0.15, -0.1) is 0 Å². The largest absolute Gasteiger partial charge is 2.00 e. The van der Waals surface area contributed by atoms with Crippen molar-refractivity contribution in [1.29, 1.82) is 0 Å². The molecule has 47 heavy (non-hydrogen) atoms. The number of carbonyl (C=O) groups excluding carboxylic acids is 4. The average molecular weight is 675 g/mol. The first-order chi connectivity index (χ1) is 22.4. The molecule has 12 nitrogen and oxygen atoms in total. The summed E-state index contributed by atoms with van der Waals surface area (Å²) < 4.78 is 0. The van der Waals surface area contributed by atoms with Crippen molar-refractivity contribution in [1.82, 2.24) is 31.5 Å². The van der Waals surface area contributed by atoms with E-state index in [9.17, 15) is 19.2 Å². The van der Waals surface area contributed by atoms with E-state index in [0.717, 1.165) is 32.9 Å². The molecule has 0 aliphatic heterocycles. The van der Waals surface area contributed by atoms with E-state index in [1.54, 1.807) is 51.4 Å². The van der Waals surface area contributed by atoms with Crippen LogP contribution in [0.4, 0.5) is 0 Å². The van der Waals surface area contributed by atoms with Crippen molar-refractivity contribution >= 4 is 45.4 Å². The van der Waals surface area contributed by atoms with Gasteiger partial charge < -0.3 is 20.6 Å². The first-order valence-corrected chi connectivity index (χ1v) is 14.5. The molecule has 0 bridgehead atoms. The summed E-state index contributed by atoms with van der Waals surface area (Å²) in [6, 6.07) is 14.1. The number of hydrogen-bond acceptors (Lipinski definition) is 6. The van der Waals surface area contributed by atoms with Crippen LogP contribution in [0.3, 0.4) is 0 Å². The van der Waals surface area contributed by atoms with Crippen LogP contribution in [0.5, 0.6) is 0 Å². The van der Waals surface area contributed by atoms with Gasteiger partial charge in [0, 0.05) is 47.0 Å². The van der Waals surface area contributed by atoms with Crippen LogP contribution >= 0.6 is 0 Å². The van der Waals surface area contributed by atoms with E-state index in [-0.39, 0.29) is 28.9 Å². The fraction of sp³-hybridized carbons (Fsp3) is 0.118. The van der Waals surface area contributed by atoms with Crippen LogP contribution in [0.1, 0.15) is 11.1 Å². The molecule has 4 amide bonds. The standard InChI is InChI=1S/2C17H17N4O2.Fe/c2*18-21-17(23)15(20-16(22)11-5-1-2-6-11)9-12-10-19-14-8-4-3-7-13(12)14;/h2*1-8,10,15,19H,9,18H2,(H,20,22)(H,21,23);/q;;+2/t2*15-;/m00./s1. The van der Waals surface area contributed by atoms with Gasteiger partial charge in [0.15, 0.2) is 0 Å². The summed E-state index contributed by atoms with van der Waals surface area (Å²) in [4.78, 5) is 54.7. The van der Waals surface area contributed by atoms with Crippen LogP contribution in [0.15, 0.2) is 60.9 Å². The van der Waals surface area contributed by atoms with Crippen LogP contribution in [0.2, 0.25) is 0 Å². The van der Waals surface area contributed by atoms with Gasteiger partial charge in [-0.2, -0.15) is 0 Å². The first kappa shape index (κ1) is 35.7. The monoisotopic (exact) mass is 674 g/mol. The molecule has 13 heteroatoms. The van der Waals surface area contributed by atoms with Crippen LogP contribution in [-0.4, -0.2) is 45.7 Å². The Labute approximate surface area is 284 Å². The molecule has 2 aromatic carbocycles. The van der Waals surface area contributed by atoms with Gasteiger partial charge in [-0.05, 0) is 74.6 Å². The van der Waals surface area contributed by atoms with Gasteiger partial charge in [0.05, 0.1) is 11.8 Å². The van der Waals surface area contributed by atoms with Crippen molar-refractivity contribution in [2.75, 3.05) is 0 Å². The Morgan fingerprint density at radius 2 is 0.957 bits per heavy atom.